The van der Waals surface area contributed by atoms with Gasteiger partial charge in [-0.3, -0.25) is 9.59 Å². The van der Waals surface area contributed by atoms with Gasteiger partial charge in [-0.15, -0.1) is 0 Å². The Hall–Kier alpha value is -4.22. The summed E-state index contributed by atoms with van der Waals surface area (Å²) >= 11 is 0. The first-order valence-electron chi connectivity index (χ1n) is 11.9. The summed E-state index contributed by atoms with van der Waals surface area (Å²) in [6.07, 6.45) is 0. The predicted octanol–water partition coefficient (Wildman–Crippen LogP) is 3.95. The molecular formula is C28H27N3O6S2. The van der Waals surface area contributed by atoms with Crippen LogP contribution in [0.2, 0.25) is 0 Å². The lowest BCUT2D eigenvalue weighted by Gasteiger charge is -2.11. The highest BCUT2D eigenvalue weighted by molar-refractivity contribution is 7.90. The summed E-state index contributed by atoms with van der Waals surface area (Å²) in [6.45, 7) is 6.70. The van der Waals surface area contributed by atoms with Crippen molar-refractivity contribution in [2.75, 3.05) is 0 Å². The van der Waals surface area contributed by atoms with Crippen molar-refractivity contribution in [3.05, 3.63) is 113 Å². The molecule has 4 aromatic rings. The largest absolute Gasteiger partial charge is 0.317 e. The molecule has 0 atom stereocenters. The lowest BCUT2D eigenvalue weighted by Crippen LogP contribution is -2.35. The Morgan fingerprint density at radius 1 is 0.564 bits per heavy atom. The number of rotatable bonds is 7. The molecule has 0 spiro atoms. The van der Waals surface area contributed by atoms with E-state index < -0.39 is 31.9 Å². The molecule has 0 bridgehead atoms. The number of hydrogen-bond donors (Lipinski definition) is 2. The maximum Gasteiger partial charge on any atom is 0.267 e. The van der Waals surface area contributed by atoms with Crippen molar-refractivity contribution in [2.24, 2.45) is 0 Å². The zero-order chi connectivity index (χ0) is 28.5. The molecule has 0 saturated carbocycles. The highest BCUT2D eigenvalue weighted by Crippen LogP contribution is 2.27. The number of para-hydroxylation sites is 1. The van der Waals surface area contributed by atoms with E-state index in [0.29, 0.717) is 5.69 Å². The molecule has 11 heteroatoms. The van der Waals surface area contributed by atoms with Gasteiger partial charge in [-0.25, -0.2) is 26.3 Å². The van der Waals surface area contributed by atoms with Gasteiger partial charge in [0.05, 0.1) is 20.9 Å². The summed E-state index contributed by atoms with van der Waals surface area (Å²) in [5.41, 5.74) is 2.26. The Labute approximate surface area is 227 Å². The number of aryl methyl sites for hydroxylation is 2. The molecule has 1 aromatic heterocycles. The second-order valence-corrected chi connectivity index (χ2v) is 12.5. The third-order valence-corrected chi connectivity index (χ3v) is 8.92. The molecular weight excluding hydrogens is 538 g/mol. The quantitative estimate of drug-likeness (QED) is 0.349. The van der Waals surface area contributed by atoms with Crippen LogP contribution >= 0.6 is 0 Å². The Morgan fingerprint density at radius 3 is 1.28 bits per heavy atom. The van der Waals surface area contributed by atoms with E-state index in [4.69, 9.17) is 0 Å². The Bertz CT molecular complexity index is 1660. The minimum absolute atomic E-state index is 0.133. The number of carbonyl (C=O) groups is 2. The topological polar surface area (TPSA) is 131 Å². The van der Waals surface area contributed by atoms with Gasteiger partial charge in [-0.2, -0.15) is 0 Å². The maximum absolute atomic E-state index is 13.5. The lowest BCUT2D eigenvalue weighted by molar-refractivity contribution is 0.0947. The molecule has 39 heavy (non-hydrogen) atoms. The molecule has 2 amide bonds. The van der Waals surface area contributed by atoms with Crippen molar-refractivity contribution in [1.29, 1.82) is 0 Å². The molecule has 0 fully saturated rings. The lowest BCUT2D eigenvalue weighted by atomic mass is 10.1. The minimum atomic E-state index is -4.29. The first kappa shape index (κ1) is 27.8. The summed E-state index contributed by atoms with van der Waals surface area (Å²) in [6, 6.07) is 20.6. The summed E-state index contributed by atoms with van der Waals surface area (Å²) in [4.78, 5) is 26.7. The Morgan fingerprint density at radius 2 is 0.923 bits per heavy atom. The molecule has 0 aliphatic carbocycles. The summed E-state index contributed by atoms with van der Waals surface area (Å²) in [7, 11) is -8.59. The number of amides is 2. The van der Waals surface area contributed by atoms with Crippen LogP contribution in [-0.2, 0) is 20.0 Å². The van der Waals surface area contributed by atoms with Crippen LogP contribution in [0.15, 0.2) is 88.7 Å². The third kappa shape index (κ3) is 5.64. The number of nitrogens with one attached hydrogen (secondary N) is 2. The summed E-state index contributed by atoms with van der Waals surface area (Å²) in [5, 5.41) is 0. The fourth-order valence-electron chi connectivity index (χ4n) is 4.26. The fourth-order valence-corrected chi connectivity index (χ4v) is 6.17. The van der Waals surface area contributed by atoms with Gasteiger partial charge in [0.15, 0.2) is 0 Å². The summed E-state index contributed by atoms with van der Waals surface area (Å²) in [5.74, 6) is -2.13. The van der Waals surface area contributed by atoms with Crippen LogP contribution in [0.25, 0.3) is 5.69 Å². The van der Waals surface area contributed by atoms with Gasteiger partial charge in [-0.05, 0) is 64.1 Å². The highest BCUT2D eigenvalue weighted by Gasteiger charge is 2.32. The van der Waals surface area contributed by atoms with E-state index in [2.05, 4.69) is 0 Å². The van der Waals surface area contributed by atoms with Crippen molar-refractivity contribution < 1.29 is 26.4 Å². The van der Waals surface area contributed by atoms with Crippen LogP contribution in [0.4, 0.5) is 0 Å². The number of sulfonamides is 2. The monoisotopic (exact) mass is 565 g/mol. The van der Waals surface area contributed by atoms with Crippen molar-refractivity contribution in [1.82, 2.24) is 14.0 Å². The Kier molecular flexibility index (Phi) is 7.49. The maximum atomic E-state index is 13.5. The van der Waals surface area contributed by atoms with Gasteiger partial charge >= 0.3 is 0 Å². The number of nitrogens with zero attached hydrogens (tertiary/aromatic N) is 1. The van der Waals surface area contributed by atoms with E-state index >= 15 is 0 Å². The van der Waals surface area contributed by atoms with Gasteiger partial charge in [0.1, 0.15) is 0 Å². The highest BCUT2D eigenvalue weighted by atomic mass is 32.2. The molecule has 3 aromatic carbocycles. The Balaban J connectivity index is 1.81. The smallest absolute Gasteiger partial charge is 0.267 e. The van der Waals surface area contributed by atoms with Crippen LogP contribution in [0.1, 0.15) is 43.2 Å². The molecule has 202 valence electrons. The number of hydrogen-bond acceptors (Lipinski definition) is 6. The zero-order valence-corrected chi connectivity index (χ0v) is 23.4. The van der Waals surface area contributed by atoms with Crippen molar-refractivity contribution in [3.63, 3.8) is 0 Å². The normalized spacial score (nSPS) is 11.7. The second-order valence-electron chi connectivity index (χ2n) is 9.09. The SMILES string of the molecule is Cc1ccc(S(=O)(=O)NC(=O)c2c(C(=O)NS(=O)(=O)c3ccc(C)cc3)c(C)n(-c3ccccc3)c2C)cc1. The van der Waals surface area contributed by atoms with Crippen molar-refractivity contribution in [2.45, 2.75) is 37.5 Å². The molecule has 0 unspecified atom stereocenters. The van der Waals surface area contributed by atoms with Gasteiger partial charge in [0, 0.05) is 17.1 Å². The number of aromatic nitrogens is 1. The predicted molar refractivity (Wildman–Crippen MR) is 147 cm³/mol. The van der Waals surface area contributed by atoms with E-state index in [1.54, 1.807) is 86.9 Å². The average Bonchev–Trinajstić information content (AvgIpc) is 3.14. The molecule has 0 radical (unpaired) electrons. The first-order valence-corrected chi connectivity index (χ1v) is 14.8. The second kappa shape index (κ2) is 10.5. The molecule has 0 aliphatic rings. The van der Waals surface area contributed by atoms with E-state index in [-0.39, 0.29) is 32.3 Å². The minimum Gasteiger partial charge on any atom is -0.317 e. The van der Waals surface area contributed by atoms with Gasteiger partial charge in [0.2, 0.25) is 0 Å². The van der Waals surface area contributed by atoms with Gasteiger partial charge in [0.25, 0.3) is 31.9 Å². The van der Waals surface area contributed by atoms with E-state index in [1.165, 1.54) is 24.3 Å². The van der Waals surface area contributed by atoms with E-state index in [1.807, 2.05) is 9.44 Å². The molecule has 9 nitrogen and oxygen atoms in total. The van der Waals surface area contributed by atoms with Gasteiger partial charge in [-0.1, -0.05) is 53.6 Å². The van der Waals surface area contributed by atoms with Crippen molar-refractivity contribution >= 4 is 31.9 Å². The number of carbonyl (C=O) groups excluding carboxylic acids is 2. The third-order valence-electron chi connectivity index (χ3n) is 6.23. The van der Waals surface area contributed by atoms with E-state index in [0.717, 1.165) is 11.1 Å². The van der Waals surface area contributed by atoms with Crippen molar-refractivity contribution in [3.8, 4) is 5.69 Å². The van der Waals surface area contributed by atoms with Crippen LogP contribution in [-0.4, -0.2) is 33.2 Å². The standard InChI is InChI=1S/C28H27N3O6S2/c1-18-10-14-23(15-11-18)38(34,35)29-27(32)25-20(3)31(22-8-6-5-7-9-22)21(4)26(25)28(33)30-39(36,37)24-16-12-19(2)13-17-24/h5-17H,1-4H3,(H,29,32)(H,30,33). The molecule has 0 saturated heterocycles. The molecule has 0 aliphatic heterocycles. The molecule has 2 N–H and O–H groups in total. The van der Waals surface area contributed by atoms with Crippen LogP contribution in [0.5, 0.6) is 0 Å². The van der Waals surface area contributed by atoms with Crippen LogP contribution < -0.4 is 9.44 Å². The first-order chi connectivity index (χ1) is 18.3. The van der Waals surface area contributed by atoms with E-state index in [9.17, 15) is 26.4 Å². The fraction of sp³-hybridized carbons (Fsp3) is 0.143. The molecule has 4 rings (SSSR count). The van der Waals surface area contributed by atoms with Crippen LogP contribution in [0.3, 0.4) is 0 Å². The number of benzene rings is 3. The molecule has 1 heterocycles. The van der Waals surface area contributed by atoms with Gasteiger partial charge < -0.3 is 4.57 Å². The summed E-state index contributed by atoms with van der Waals surface area (Å²) < 4.78 is 57.6. The zero-order valence-electron chi connectivity index (χ0n) is 21.7. The van der Waals surface area contributed by atoms with Crippen LogP contribution in [0, 0.1) is 27.7 Å². The average molecular weight is 566 g/mol.